The van der Waals surface area contributed by atoms with E-state index in [1.54, 1.807) is 16.4 Å². The second-order valence-electron chi connectivity index (χ2n) is 8.17. The number of aryl methyl sites for hydroxylation is 1. The summed E-state index contributed by atoms with van der Waals surface area (Å²) in [6.45, 7) is 7.09. The molecule has 0 aliphatic carbocycles. The van der Waals surface area contributed by atoms with Gasteiger partial charge >= 0.3 is 0 Å². The zero-order valence-electron chi connectivity index (χ0n) is 17.6. The summed E-state index contributed by atoms with van der Waals surface area (Å²) in [4.78, 5) is 4.94. The summed E-state index contributed by atoms with van der Waals surface area (Å²) in [5.41, 5.74) is 3.18. The van der Waals surface area contributed by atoms with Gasteiger partial charge in [0.15, 0.2) is 0 Å². The van der Waals surface area contributed by atoms with Crippen LogP contribution in [0.15, 0.2) is 57.9 Å². The Morgan fingerprint density at radius 2 is 1.70 bits per heavy atom. The highest BCUT2D eigenvalue weighted by atomic mass is 32.2. The number of benzene rings is 2. The quantitative estimate of drug-likeness (QED) is 0.590. The molecule has 1 saturated heterocycles. The average molecular weight is 426 g/mol. The van der Waals surface area contributed by atoms with Crippen molar-refractivity contribution in [3.63, 3.8) is 0 Å². The van der Waals surface area contributed by atoms with Gasteiger partial charge in [0.1, 0.15) is 0 Å². The first-order valence-corrected chi connectivity index (χ1v) is 11.8. The number of piperidine rings is 1. The first kappa shape index (κ1) is 20.8. The third kappa shape index (κ3) is 4.04. The number of rotatable bonds is 5. The molecule has 3 aromatic rings. The van der Waals surface area contributed by atoms with Crippen molar-refractivity contribution in [2.75, 3.05) is 13.1 Å². The van der Waals surface area contributed by atoms with E-state index in [2.05, 4.69) is 24.0 Å². The van der Waals surface area contributed by atoms with Crippen molar-refractivity contribution in [3.05, 3.63) is 65.5 Å². The molecule has 1 fully saturated rings. The fraction of sp³-hybridized carbons (Fsp3) is 0.391. The molecule has 2 aromatic carbocycles. The fourth-order valence-corrected chi connectivity index (χ4v) is 5.32. The SMILES string of the molecule is Cc1ccccc1-c1noc(C2CCN(S(=O)(=O)c3ccc(C(C)C)cc3)CC2)n1. The highest BCUT2D eigenvalue weighted by Gasteiger charge is 2.32. The molecular weight excluding hydrogens is 398 g/mol. The van der Waals surface area contributed by atoms with Gasteiger partial charge < -0.3 is 4.52 Å². The molecular formula is C23H27N3O3S. The minimum atomic E-state index is -3.49. The number of nitrogens with zero attached hydrogens (tertiary/aromatic N) is 3. The van der Waals surface area contributed by atoms with Crippen molar-refractivity contribution < 1.29 is 12.9 Å². The van der Waals surface area contributed by atoms with Gasteiger partial charge in [0.2, 0.25) is 21.7 Å². The van der Waals surface area contributed by atoms with Crippen molar-refractivity contribution in [1.29, 1.82) is 0 Å². The maximum atomic E-state index is 13.0. The lowest BCUT2D eigenvalue weighted by atomic mass is 9.98. The van der Waals surface area contributed by atoms with Crippen LogP contribution in [0.5, 0.6) is 0 Å². The van der Waals surface area contributed by atoms with E-state index >= 15 is 0 Å². The van der Waals surface area contributed by atoms with E-state index in [0.29, 0.717) is 48.5 Å². The topological polar surface area (TPSA) is 76.3 Å². The number of hydrogen-bond donors (Lipinski definition) is 0. The van der Waals surface area contributed by atoms with Gasteiger partial charge in [-0.25, -0.2) is 8.42 Å². The molecule has 0 saturated carbocycles. The first-order chi connectivity index (χ1) is 14.4. The first-order valence-electron chi connectivity index (χ1n) is 10.4. The largest absolute Gasteiger partial charge is 0.339 e. The van der Waals surface area contributed by atoms with Crippen molar-refractivity contribution in [2.24, 2.45) is 0 Å². The maximum absolute atomic E-state index is 13.0. The molecule has 0 spiro atoms. The third-order valence-electron chi connectivity index (χ3n) is 5.82. The fourth-order valence-electron chi connectivity index (χ4n) is 3.85. The van der Waals surface area contributed by atoms with Crippen LogP contribution in [0.2, 0.25) is 0 Å². The molecule has 7 heteroatoms. The predicted octanol–water partition coefficient (Wildman–Crippen LogP) is 4.74. The summed E-state index contributed by atoms with van der Waals surface area (Å²) in [6, 6.07) is 15.1. The molecule has 4 rings (SSSR count). The average Bonchev–Trinajstić information content (AvgIpc) is 3.24. The van der Waals surface area contributed by atoms with E-state index in [-0.39, 0.29) is 5.92 Å². The number of hydrogen-bond acceptors (Lipinski definition) is 5. The lowest BCUT2D eigenvalue weighted by Gasteiger charge is -2.29. The Balaban J connectivity index is 1.44. The predicted molar refractivity (Wildman–Crippen MR) is 116 cm³/mol. The maximum Gasteiger partial charge on any atom is 0.243 e. The van der Waals surface area contributed by atoms with E-state index in [4.69, 9.17) is 4.52 Å². The monoisotopic (exact) mass is 425 g/mol. The Kier molecular flexibility index (Phi) is 5.75. The van der Waals surface area contributed by atoms with Crippen LogP contribution in [0.4, 0.5) is 0 Å². The van der Waals surface area contributed by atoms with Crippen molar-refractivity contribution in [1.82, 2.24) is 14.4 Å². The molecule has 0 atom stereocenters. The Bertz CT molecular complexity index is 1110. The van der Waals surface area contributed by atoms with E-state index < -0.39 is 10.0 Å². The van der Waals surface area contributed by atoms with Gasteiger partial charge in [-0.3, -0.25) is 0 Å². The molecule has 158 valence electrons. The Hall–Kier alpha value is -2.51. The lowest BCUT2D eigenvalue weighted by molar-refractivity contribution is 0.271. The molecule has 0 amide bonds. The minimum Gasteiger partial charge on any atom is -0.339 e. The van der Waals surface area contributed by atoms with Gasteiger partial charge in [0, 0.05) is 24.6 Å². The molecule has 1 aromatic heterocycles. The number of aromatic nitrogens is 2. The van der Waals surface area contributed by atoms with Gasteiger partial charge in [0.05, 0.1) is 4.90 Å². The summed E-state index contributed by atoms with van der Waals surface area (Å²) in [6.07, 6.45) is 1.33. The third-order valence-corrected chi connectivity index (χ3v) is 7.73. The normalized spacial score (nSPS) is 16.3. The van der Waals surface area contributed by atoms with Crippen LogP contribution < -0.4 is 0 Å². The number of sulfonamides is 1. The second-order valence-corrected chi connectivity index (χ2v) is 10.1. The van der Waals surface area contributed by atoms with E-state index in [9.17, 15) is 8.42 Å². The molecule has 1 aliphatic rings. The van der Waals surface area contributed by atoms with Crippen LogP contribution in [0.1, 0.15) is 55.5 Å². The van der Waals surface area contributed by atoms with Gasteiger partial charge in [-0.15, -0.1) is 0 Å². The van der Waals surface area contributed by atoms with E-state index in [1.165, 1.54) is 0 Å². The van der Waals surface area contributed by atoms with E-state index in [0.717, 1.165) is 16.7 Å². The van der Waals surface area contributed by atoms with Gasteiger partial charge in [-0.2, -0.15) is 9.29 Å². The molecule has 0 N–H and O–H groups in total. The zero-order valence-corrected chi connectivity index (χ0v) is 18.4. The summed E-state index contributed by atoms with van der Waals surface area (Å²) >= 11 is 0. The van der Waals surface area contributed by atoms with Crippen LogP contribution in [0.25, 0.3) is 11.4 Å². The highest BCUT2D eigenvalue weighted by molar-refractivity contribution is 7.89. The summed E-state index contributed by atoms with van der Waals surface area (Å²) in [5, 5.41) is 4.14. The van der Waals surface area contributed by atoms with Crippen LogP contribution in [0, 0.1) is 6.92 Å². The van der Waals surface area contributed by atoms with Crippen molar-refractivity contribution in [3.8, 4) is 11.4 Å². The summed E-state index contributed by atoms with van der Waals surface area (Å²) < 4.78 is 33.1. The Morgan fingerprint density at radius 1 is 1.03 bits per heavy atom. The van der Waals surface area contributed by atoms with Gasteiger partial charge in [-0.05, 0) is 48.9 Å². The smallest absolute Gasteiger partial charge is 0.243 e. The second kappa shape index (κ2) is 8.32. The molecule has 2 heterocycles. The van der Waals surface area contributed by atoms with Crippen molar-refractivity contribution >= 4 is 10.0 Å². The summed E-state index contributed by atoms with van der Waals surface area (Å²) in [5.74, 6) is 1.62. The van der Waals surface area contributed by atoms with Crippen LogP contribution >= 0.6 is 0 Å². The Morgan fingerprint density at radius 3 is 2.33 bits per heavy atom. The molecule has 30 heavy (non-hydrogen) atoms. The van der Waals surface area contributed by atoms with Gasteiger partial charge in [-0.1, -0.05) is 55.4 Å². The van der Waals surface area contributed by atoms with Crippen LogP contribution in [0.3, 0.4) is 0 Å². The molecule has 0 bridgehead atoms. The molecule has 1 aliphatic heterocycles. The van der Waals surface area contributed by atoms with Gasteiger partial charge in [0.25, 0.3) is 0 Å². The highest BCUT2D eigenvalue weighted by Crippen LogP contribution is 2.31. The summed E-state index contributed by atoms with van der Waals surface area (Å²) in [7, 11) is -3.49. The standard InChI is InChI=1S/C23H27N3O3S/c1-16(2)18-8-10-20(11-9-18)30(27,28)26-14-12-19(13-15-26)23-24-22(25-29-23)21-7-5-4-6-17(21)3/h4-11,16,19H,12-15H2,1-3H3. The molecule has 0 unspecified atom stereocenters. The lowest BCUT2D eigenvalue weighted by Crippen LogP contribution is -2.37. The molecule has 6 nitrogen and oxygen atoms in total. The molecule has 0 radical (unpaired) electrons. The van der Waals surface area contributed by atoms with Crippen LogP contribution in [-0.2, 0) is 10.0 Å². The van der Waals surface area contributed by atoms with E-state index in [1.807, 2.05) is 43.3 Å². The zero-order chi connectivity index (χ0) is 21.3. The minimum absolute atomic E-state index is 0.0741. The van der Waals surface area contributed by atoms with Crippen LogP contribution in [-0.4, -0.2) is 36.0 Å². The Labute approximate surface area is 178 Å². The van der Waals surface area contributed by atoms with Crippen molar-refractivity contribution in [2.45, 2.75) is 50.3 Å².